The van der Waals surface area contributed by atoms with E-state index in [0.29, 0.717) is 36.4 Å². The Kier molecular flexibility index (Phi) is 4.84. The fourth-order valence-corrected chi connectivity index (χ4v) is 3.61. The Balaban J connectivity index is 1.40. The van der Waals surface area contributed by atoms with Crippen molar-refractivity contribution in [3.63, 3.8) is 0 Å². The van der Waals surface area contributed by atoms with Crippen molar-refractivity contribution in [2.75, 3.05) is 29.9 Å². The summed E-state index contributed by atoms with van der Waals surface area (Å²) in [6.45, 7) is 5.68. The number of benzene rings is 2. The number of aromatic nitrogens is 1. The molecule has 29 heavy (non-hydrogen) atoms. The highest BCUT2D eigenvalue weighted by Gasteiger charge is 2.30. The standard InChI is InChI=1S/C21H22N4O4/c1-13-3-6-16(7-4-13)25-10-9-24(12-14(25)2)20(27)19(26)22-15-5-8-17-18(11-15)29-21(28)23-17/h3-8,11,14H,9-10,12H2,1-2H3,(H,22,26)(H,23,28)/t14-/m1/s1. The number of aryl methyl sites for hydroxylation is 1. The van der Waals surface area contributed by atoms with E-state index in [-0.39, 0.29) is 6.04 Å². The van der Waals surface area contributed by atoms with Crippen LogP contribution in [0.15, 0.2) is 51.7 Å². The smallest absolute Gasteiger partial charge is 0.408 e. The zero-order valence-corrected chi connectivity index (χ0v) is 16.3. The third-order valence-corrected chi connectivity index (χ3v) is 5.15. The van der Waals surface area contributed by atoms with Gasteiger partial charge in [0.15, 0.2) is 5.58 Å². The normalized spacial score (nSPS) is 16.8. The Hall–Kier alpha value is -3.55. The fraction of sp³-hybridized carbons (Fsp3) is 0.286. The molecule has 1 aliphatic rings. The highest BCUT2D eigenvalue weighted by Crippen LogP contribution is 2.21. The van der Waals surface area contributed by atoms with E-state index in [1.165, 1.54) is 11.6 Å². The Morgan fingerprint density at radius 2 is 1.90 bits per heavy atom. The first kappa shape index (κ1) is 18.8. The van der Waals surface area contributed by atoms with Crippen molar-refractivity contribution < 1.29 is 14.0 Å². The summed E-state index contributed by atoms with van der Waals surface area (Å²) in [6, 6.07) is 13.1. The molecule has 2 aromatic carbocycles. The van der Waals surface area contributed by atoms with E-state index < -0.39 is 17.6 Å². The van der Waals surface area contributed by atoms with Crippen molar-refractivity contribution in [3.8, 4) is 0 Å². The van der Waals surface area contributed by atoms with Gasteiger partial charge in [-0.2, -0.15) is 0 Å². The molecular weight excluding hydrogens is 372 g/mol. The molecule has 0 spiro atoms. The van der Waals surface area contributed by atoms with Gasteiger partial charge < -0.3 is 19.5 Å². The van der Waals surface area contributed by atoms with Gasteiger partial charge in [0.05, 0.1) is 5.52 Å². The van der Waals surface area contributed by atoms with Crippen LogP contribution < -0.4 is 16.0 Å². The number of carbonyl (C=O) groups excluding carboxylic acids is 2. The minimum Gasteiger partial charge on any atom is -0.408 e. The first-order valence-electron chi connectivity index (χ1n) is 9.47. The number of amides is 2. The number of rotatable bonds is 2. The predicted octanol–water partition coefficient (Wildman–Crippen LogP) is 2.11. The van der Waals surface area contributed by atoms with Crippen LogP contribution in [0.2, 0.25) is 0 Å². The maximum Gasteiger partial charge on any atom is 0.417 e. The van der Waals surface area contributed by atoms with E-state index in [1.54, 1.807) is 17.0 Å². The third-order valence-electron chi connectivity index (χ3n) is 5.15. The molecule has 0 bridgehead atoms. The Morgan fingerprint density at radius 1 is 1.14 bits per heavy atom. The molecule has 2 heterocycles. The van der Waals surface area contributed by atoms with Gasteiger partial charge in [0.25, 0.3) is 0 Å². The molecule has 8 nitrogen and oxygen atoms in total. The lowest BCUT2D eigenvalue weighted by atomic mass is 10.1. The highest BCUT2D eigenvalue weighted by molar-refractivity contribution is 6.39. The zero-order valence-electron chi connectivity index (χ0n) is 16.3. The third kappa shape index (κ3) is 3.87. The summed E-state index contributed by atoms with van der Waals surface area (Å²) in [5, 5.41) is 2.58. The average molecular weight is 394 g/mol. The number of carbonyl (C=O) groups is 2. The molecule has 1 aromatic heterocycles. The fourth-order valence-electron chi connectivity index (χ4n) is 3.61. The largest absolute Gasteiger partial charge is 0.417 e. The van der Waals surface area contributed by atoms with Crippen molar-refractivity contribution in [3.05, 3.63) is 58.6 Å². The molecule has 4 rings (SSSR count). The monoisotopic (exact) mass is 394 g/mol. The maximum atomic E-state index is 12.6. The van der Waals surface area contributed by atoms with Crippen LogP contribution in [0, 0.1) is 6.92 Å². The second-order valence-corrected chi connectivity index (χ2v) is 7.31. The number of piperazine rings is 1. The quantitative estimate of drug-likeness (QED) is 0.649. The van der Waals surface area contributed by atoms with Crippen LogP contribution in [0.1, 0.15) is 12.5 Å². The number of nitrogens with zero attached hydrogens (tertiary/aromatic N) is 2. The number of fused-ring (bicyclic) bond motifs is 1. The number of oxazole rings is 1. The van der Waals surface area contributed by atoms with Crippen LogP contribution >= 0.6 is 0 Å². The average Bonchev–Trinajstić information content (AvgIpc) is 3.07. The van der Waals surface area contributed by atoms with Gasteiger partial charge in [-0.15, -0.1) is 0 Å². The van der Waals surface area contributed by atoms with Gasteiger partial charge in [0, 0.05) is 43.1 Å². The molecule has 0 saturated carbocycles. The van der Waals surface area contributed by atoms with Crippen LogP contribution in [-0.4, -0.2) is 47.4 Å². The number of H-pyrrole nitrogens is 1. The van der Waals surface area contributed by atoms with Crippen LogP contribution in [-0.2, 0) is 9.59 Å². The Morgan fingerprint density at radius 3 is 2.62 bits per heavy atom. The molecule has 2 amide bonds. The van der Waals surface area contributed by atoms with Gasteiger partial charge in [-0.1, -0.05) is 17.7 Å². The topological polar surface area (TPSA) is 98.6 Å². The summed E-state index contributed by atoms with van der Waals surface area (Å²) in [5.74, 6) is -1.85. The van der Waals surface area contributed by atoms with E-state index in [9.17, 15) is 14.4 Å². The first-order chi connectivity index (χ1) is 13.9. The Labute approximate surface area is 167 Å². The second-order valence-electron chi connectivity index (χ2n) is 7.31. The number of hydrogen-bond donors (Lipinski definition) is 2. The van der Waals surface area contributed by atoms with Gasteiger partial charge in [-0.3, -0.25) is 14.6 Å². The van der Waals surface area contributed by atoms with Crippen LogP contribution in [0.3, 0.4) is 0 Å². The molecule has 1 atom stereocenters. The SMILES string of the molecule is Cc1ccc(N2CCN(C(=O)C(=O)Nc3ccc4[nH]c(=O)oc4c3)C[C@H]2C)cc1. The minimum absolute atomic E-state index is 0.0914. The highest BCUT2D eigenvalue weighted by atomic mass is 16.4. The van der Waals surface area contributed by atoms with Crippen molar-refractivity contribution in [1.82, 2.24) is 9.88 Å². The van der Waals surface area contributed by atoms with Crippen molar-refractivity contribution in [1.29, 1.82) is 0 Å². The summed E-state index contributed by atoms with van der Waals surface area (Å²) in [6.07, 6.45) is 0. The van der Waals surface area contributed by atoms with Gasteiger partial charge >= 0.3 is 17.6 Å². The van der Waals surface area contributed by atoms with Crippen LogP contribution in [0.25, 0.3) is 11.1 Å². The number of nitrogens with one attached hydrogen (secondary N) is 2. The van der Waals surface area contributed by atoms with Crippen molar-refractivity contribution >= 4 is 34.3 Å². The van der Waals surface area contributed by atoms with E-state index in [0.717, 1.165) is 5.69 Å². The predicted molar refractivity (Wildman–Crippen MR) is 110 cm³/mol. The molecular formula is C21H22N4O4. The lowest BCUT2D eigenvalue weighted by Crippen LogP contribution is -2.55. The number of anilines is 2. The number of hydrogen-bond acceptors (Lipinski definition) is 5. The first-order valence-corrected chi connectivity index (χ1v) is 9.47. The van der Waals surface area contributed by atoms with E-state index in [4.69, 9.17) is 4.42 Å². The summed E-state index contributed by atoms with van der Waals surface area (Å²) in [4.78, 5) is 42.6. The maximum absolute atomic E-state index is 12.6. The molecule has 1 aliphatic heterocycles. The molecule has 2 N–H and O–H groups in total. The summed E-state index contributed by atoms with van der Waals surface area (Å²) in [5.41, 5.74) is 3.55. The van der Waals surface area contributed by atoms with Crippen molar-refractivity contribution in [2.24, 2.45) is 0 Å². The summed E-state index contributed by atoms with van der Waals surface area (Å²) >= 11 is 0. The van der Waals surface area contributed by atoms with E-state index in [1.807, 2.05) is 13.8 Å². The van der Waals surface area contributed by atoms with Crippen LogP contribution in [0.5, 0.6) is 0 Å². The lowest BCUT2D eigenvalue weighted by molar-refractivity contribution is -0.143. The van der Waals surface area contributed by atoms with Gasteiger partial charge in [0.1, 0.15) is 0 Å². The van der Waals surface area contributed by atoms with E-state index in [2.05, 4.69) is 39.5 Å². The molecule has 0 unspecified atom stereocenters. The minimum atomic E-state index is -0.710. The molecule has 1 saturated heterocycles. The van der Waals surface area contributed by atoms with Crippen molar-refractivity contribution in [2.45, 2.75) is 19.9 Å². The zero-order chi connectivity index (χ0) is 20.5. The molecule has 0 radical (unpaired) electrons. The molecule has 3 aromatic rings. The Bertz CT molecular complexity index is 1120. The van der Waals surface area contributed by atoms with Gasteiger partial charge in [0.2, 0.25) is 0 Å². The molecule has 1 fully saturated rings. The van der Waals surface area contributed by atoms with E-state index >= 15 is 0 Å². The molecule has 8 heteroatoms. The van der Waals surface area contributed by atoms with Gasteiger partial charge in [-0.05, 0) is 38.1 Å². The summed E-state index contributed by atoms with van der Waals surface area (Å²) < 4.78 is 4.98. The van der Waals surface area contributed by atoms with Crippen LogP contribution in [0.4, 0.5) is 11.4 Å². The molecule has 150 valence electrons. The number of aromatic amines is 1. The lowest BCUT2D eigenvalue weighted by Gasteiger charge is -2.41. The van der Waals surface area contributed by atoms with Gasteiger partial charge in [-0.25, -0.2) is 4.79 Å². The molecule has 0 aliphatic carbocycles. The second kappa shape index (κ2) is 7.46. The summed E-state index contributed by atoms with van der Waals surface area (Å²) in [7, 11) is 0.